The molecule has 0 aliphatic carbocycles. The molecule has 0 amide bonds. The fraction of sp³-hybridized carbons (Fsp3) is 0.100. The second kappa shape index (κ2) is 3.64. The first kappa shape index (κ1) is 10.7. The number of hydrogen-bond acceptors (Lipinski definition) is 4. The van der Waals surface area contributed by atoms with Crippen LogP contribution in [0.5, 0.6) is 0 Å². The van der Waals surface area contributed by atoms with Crippen LogP contribution in [0.4, 0.5) is 5.69 Å². The van der Waals surface area contributed by atoms with Crippen molar-refractivity contribution in [1.29, 1.82) is 0 Å². The third kappa shape index (κ3) is 1.92. The van der Waals surface area contributed by atoms with E-state index in [1.165, 1.54) is 12.1 Å². The largest absolute Gasteiger partial charge is 0.398 e. The first-order valence-corrected chi connectivity index (χ1v) is 6.47. The molecule has 0 saturated heterocycles. The van der Waals surface area contributed by atoms with Crippen molar-refractivity contribution in [3.63, 3.8) is 0 Å². The molecule has 0 bridgehead atoms. The third-order valence-corrected chi connectivity index (χ3v) is 3.35. The highest BCUT2D eigenvalue weighted by Crippen LogP contribution is 2.26. The second-order valence-electron chi connectivity index (χ2n) is 3.49. The zero-order valence-corrected chi connectivity index (χ0v) is 9.45. The van der Waals surface area contributed by atoms with Crippen LogP contribution in [-0.4, -0.2) is 24.9 Å². The molecule has 0 aliphatic rings. The summed E-state index contributed by atoms with van der Waals surface area (Å²) in [4.78, 5) is 0.242. The van der Waals surface area contributed by atoms with Crippen LogP contribution >= 0.6 is 0 Å². The van der Waals surface area contributed by atoms with Gasteiger partial charge in [0, 0.05) is 23.7 Å². The number of H-pyrrole nitrogens is 1. The van der Waals surface area contributed by atoms with Crippen molar-refractivity contribution >= 4 is 15.5 Å². The van der Waals surface area contributed by atoms with Crippen molar-refractivity contribution in [2.75, 3.05) is 12.0 Å². The summed E-state index contributed by atoms with van der Waals surface area (Å²) in [5, 5.41) is 6.55. The summed E-state index contributed by atoms with van der Waals surface area (Å²) < 4.78 is 22.8. The van der Waals surface area contributed by atoms with Crippen LogP contribution in [0.2, 0.25) is 0 Å². The maximum Gasteiger partial charge on any atom is 0.175 e. The van der Waals surface area contributed by atoms with Crippen molar-refractivity contribution in [3.05, 3.63) is 30.5 Å². The number of nitrogens with zero attached hydrogens (tertiary/aromatic N) is 1. The highest BCUT2D eigenvalue weighted by atomic mass is 32.2. The molecule has 0 spiro atoms. The minimum absolute atomic E-state index is 0.242. The second-order valence-corrected chi connectivity index (χ2v) is 5.51. The lowest BCUT2D eigenvalue weighted by Gasteiger charge is -2.05. The molecule has 2 rings (SSSR count). The van der Waals surface area contributed by atoms with Crippen LogP contribution in [0.1, 0.15) is 0 Å². The van der Waals surface area contributed by atoms with Crippen molar-refractivity contribution < 1.29 is 8.42 Å². The summed E-state index contributed by atoms with van der Waals surface area (Å²) in [6.07, 6.45) is 2.75. The number of rotatable bonds is 2. The molecule has 6 heteroatoms. The molecule has 16 heavy (non-hydrogen) atoms. The van der Waals surface area contributed by atoms with Gasteiger partial charge in [-0.2, -0.15) is 5.10 Å². The molecule has 0 radical (unpaired) electrons. The SMILES string of the molecule is CS(=O)(=O)c1ccc(N)c(-c2ccn[nH]2)c1. The maximum absolute atomic E-state index is 11.4. The van der Waals surface area contributed by atoms with Crippen molar-refractivity contribution in [3.8, 4) is 11.3 Å². The lowest BCUT2D eigenvalue weighted by molar-refractivity contribution is 0.602. The van der Waals surface area contributed by atoms with Gasteiger partial charge in [0.1, 0.15) is 0 Å². The van der Waals surface area contributed by atoms with Gasteiger partial charge >= 0.3 is 0 Å². The number of nitrogens with two attached hydrogens (primary N) is 1. The van der Waals surface area contributed by atoms with Gasteiger partial charge in [-0.15, -0.1) is 0 Å². The molecule has 3 N–H and O–H groups in total. The van der Waals surface area contributed by atoms with Gasteiger partial charge in [-0.1, -0.05) is 0 Å². The molecule has 0 unspecified atom stereocenters. The first-order valence-electron chi connectivity index (χ1n) is 4.58. The Labute approximate surface area is 93.2 Å². The summed E-state index contributed by atoms with van der Waals surface area (Å²) in [6.45, 7) is 0. The quantitative estimate of drug-likeness (QED) is 0.764. The minimum atomic E-state index is -3.22. The summed E-state index contributed by atoms with van der Waals surface area (Å²) >= 11 is 0. The van der Waals surface area contributed by atoms with E-state index in [1.54, 1.807) is 18.3 Å². The van der Waals surface area contributed by atoms with E-state index in [0.717, 1.165) is 6.26 Å². The first-order chi connectivity index (χ1) is 7.48. The molecule has 1 heterocycles. The van der Waals surface area contributed by atoms with E-state index >= 15 is 0 Å². The van der Waals surface area contributed by atoms with Gasteiger partial charge in [0.2, 0.25) is 0 Å². The average molecular weight is 237 g/mol. The van der Waals surface area contributed by atoms with Gasteiger partial charge in [-0.3, -0.25) is 5.10 Å². The number of aromatic nitrogens is 2. The van der Waals surface area contributed by atoms with E-state index in [2.05, 4.69) is 10.2 Å². The van der Waals surface area contributed by atoms with Gasteiger partial charge in [-0.05, 0) is 24.3 Å². The van der Waals surface area contributed by atoms with E-state index < -0.39 is 9.84 Å². The van der Waals surface area contributed by atoms with Crippen LogP contribution in [0, 0.1) is 0 Å². The Bertz CT molecular complexity index is 603. The van der Waals surface area contributed by atoms with Crippen LogP contribution < -0.4 is 5.73 Å². The fourth-order valence-electron chi connectivity index (χ4n) is 1.41. The Kier molecular flexibility index (Phi) is 2.43. The van der Waals surface area contributed by atoms with E-state index in [9.17, 15) is 8.42 Å². The molecule has 0 fully saturated rings. The molecular formula is C10H11N3O2S. The smallest absolute Gasteiger partial charge is 0.175 e. The molecule has 84 valence electrons. The van der Waals surface area contributed by atoms with Crippen molar-refractivity contribution in [2.24, 2.45) is 0 Å². The van der Waals surface area contributed by atoms with Crippen LogP contribution in [0.15, 0.2) is 35.4 Å². The summed E-state index contributed by atoms with van der Waals surface area (Å²) in [5.41, 5.74) is 7.63. The molecule has 0 saturated carbocycles. The predicted octanol–water partition coefficient (Wildman–Crippen LogP) is 1.06. The van der Waals surface area contributed by atoms with E-state index in [-0.39, 0.29) is 4.90 Å². The molecule has 2 aromatic rings. The zero-order valence-electron chi connectivity index (χ0n) is 8.64. The standard InChI is InChI=1S/C10H11N3O2S/c1-16(14,15)7-2-3-9(11)8(6-7)10-4-5-12-13-10/h2-6H,11H2,1H3,(H,12,13). The fourth-order valence-corrected chi connectivity index (χ4v) is 2.05. The Balaban J connectivity index is 2.63. The molecule has 1 aromatic heterocycles. The van der Waals surface area contributed by atoms with Gasteiger partial charge < -0.3 is 5.73 Å². The number of nitrogen functional groups attached to an aromatic ring is 1. The number of nitrogens with one attached hydrogen (secondary N) is 1. The zero-order chi connectivity index (χ0) is 11.8. The van der Waals surface area contributed by atoms with Crippen LogP contribution in [-0.2, 0) is 9.84 Å². The number of aromatic amines is 1. The highest BCUT2D eigenvalue weighted by Gasteiger charge is 2.11. The summed E-state index contributed by atoms with van der Waals surface area (Å²) in [7, 11) is -3.22. The minimum Gasteiger partial charge on any atom is -0.398 e. The molecule has 5 nitrogen and oxygen atoms in total. The average Bonchev–Trinajstić information content (AvgIpc) is 2.69. The van der Waals surface area contributed by atoms with Gasteiger partial charge in [-0.25, -0.2) is 8.42 Å². The van der Waals surface area contributed by atoms with E-state index in [1.807, 2.05) is 0 Å². The molecule has 0 atom stereocenters. The van der Waals surface area contributed by atoms with Crippen molar-refractivity contribution in [1.82, 2.24) is 10.2 Å². The Morgan fingerprint density at radius 3 is 2.62 bits per heavy atom. The third-order valence-electron chi connectivity index (χ3n) is 2.24. The summed E-state index contributed by atoms with van der Waals surface area (Å²) in [6, 6.07) is 6.34. The number of sulfone groups is 1. The highest BCUT2D eigenvalue weighted by molar-refractivity contribution is 7.90. The number of benzene rings is 1. The molecule has 1 aromatic carbocycles. The maximum atomic E-state index is 11.4. The topological polar surface area (TPSA) is 88.8 Å². The Morgan fingerprint density at radius 2 is 2.06 bits per heavy atom. The normalized spacial score (nSPS) is 11.6. The number of anilines is 1. The predicted molar refractivity (Wildman–Crippen MR) is 61.5 cm³/mol. The lowest BCUT2D eigenvalue weighted by Crippen LogP contribution is -1.99. The van der Waals surface area contributed by atoms with Gasteiger partial charge in [0.15, 0.2) is 9.84 Å². The molecular weight excluding hydrogens is 226 g/mol. The van der Waals surface area contributed by atoms with Gasteiger partial charge in [0.25, 0.3) is 0 Å². The number of hydrogen-bond donors (Lipinski definition) is 2. The summed E-state index contributed by atoms with van der Waals surface area (Å²) in [5.74, 6) is 0. The van der Waals surface area contributed by atoms with Crippen LogP contribution in [0.25, 0.3) is 11.3 Å². The van der Waals surface area contributed by atoms with Crippen molar-refractivity contribution in [2.45, 2.75) is 4.90 Å². The lowest BCUT2D eigenvalue weighted by atomic mass is 10.1. The van der Waals surface area contributed by atoms with E-state index in [4.69, 9.17) is 5.73 Å². The monoisotopic (exact) mass is 237 g/mol. The molecule has 0 aliphatic heterocycles. The van der Waals surface area contributed by atoms with Crippen LogP contribution in [0.3, 0.4) is 0 Å². The Hall–Kier alpha value is -1.82. The van der Waals surface area contributed by atoms with Gasteiger partial charge in [0.05, 0.1) is 10.6 Å². The van der Waals surface area contributed by atoms with E-state index in [0.29, 0.717) is 16.9 Å². The Morgan fingerprint density at radius 1 is 1.31 bits per heavy atom.